The van der Waals surface area contributed by atoms with Gasteiger partial charge >= 0.3 is 6.09 Å². The monoisotopic (exact) mass is 330 g/mol. The van der Waals surface area contributed by atoms with Gasteiger partial charge in [-0.15, -0.1) is 0 Å². The fourth-order valence-electron chi connectivity index (χ4n) is 1.94. The van der Waals surface area contributed by atoms with Gasteiger partial charge in [-0.05, 0) is 23.8 Å². The smallest absolute Gasteiger partial charge is 0.411 e. The molecule has 0 aliphatic carbocycles. The molecule has 2 rings (SSSR count). The summed E-state index contributed by atoms with van der Waals surface area (Å²) in [7, 11) is 2.76. The Morgan fingerprint density at radius 2 is 1.88 bits per heavy atom. The molecule has 2 amide bonds. The normalized spacial score (nSPS) is 10.1. The van der Waals surface area contributed by atoms with Crippen molar-refractivity contribution in [3.8, 4) is 5.75 Å². The molecule has 2 aromatic rings. The summed E-state index contributed by atoms with van der Waals surface area (Å²) in [6.45, 7) is 0.103. The zero-order valence-electron chi connectivity index (χ0n) is 13.4. The summed E-state index contributed by atoms with van der Waals surface area (Å²) in [5.41, 5.74) is 1.13. The van der Waals surface area contributed by atoms with E-state index in [0.717, 1.165) is 10.6 Å². The molecule has 7 heteroatoms. The number of rotatable bonds is 5. The minimum atomic E-state index is -0.710. The van der Waals surface area contributed by atoms with E-state index in [2.05, 4.69) is 5.32 Å². The summed E-state index contributed by atoms with van der Waals surface area (Å²) in [6.07, 6.45) is -0.710. The zero-order valence-corrected chi connectivity index (χ0v) is 13.4. The second-order valence-corrected chi connectivity index (χ2v) is 4.90. The maximum atomic E-state index is 12.2. The van der Waals surface area contributed by atoms with Crippen LogP contribution < -0.4 is 5.32 Å². The Morgan fingerprint density at radius 3 is 2.54 bits per heavy atom. The van der Waals surface area contributed by atoms with Crippen LogP contribution in [0.4, 0.5) is 10.5 Å². The highest BCUT2D eigenvalue weighted by molar-refractivity contribution is 6.02. The van der Waals surface area contributed by atoms with Crippen LogP contribution in [-0.4, -0.2) is 36.3 Å². The molecule has 7 nitrogen and oxygen atoms in total. The van der Waals surface area contributed by atoms with Crippen LogP contribution in [0.3, 0.4) is 0 Å². The molecule has 0 aliphatic rings. The second-order valence-electron chi connectivity index (χ2n) is 4.90. The van der Waals surface area contributed by atoms with Gasteiger partial charge in [0.15, 0.2) is 0 Å². The number of nitrogens with zero attached hydrogens (tertiary/aromatic N) is 1. The third kappa shape index (κ3) is 4.47. The SMILES string of the molecule is CON(C)C(=O)c1cc(O)ccc1NC(=O)OCc1ccccc1. The van der Waals surface area contributed by atoms with Crippen molar-refractivity contribution < 1.29 is 24.3 Å². The Balaban J connectivity index is 2.08. The maximum absolute atomic E-state index is 12.2. The number of phenols is 1. The van der Waals surface area contributed by atoms with E-state index in [1.807, 2.05) is 30.3 Å². The van der Waals surface area contributed by atoms with Gasteiger partial charge in [-0.25, -0.2) is 9.86 Å². The summed E-state index contributed by atoms with van der Waals surface area (Å²) in [5.74, 6) is -0.627. The first-order valence-corrected chi connectivity index (χ1v) is 7.14. The second kappa shape index (κ2) is 7.98. The first-order chi connectivity index (χ1) is 11.5. The van der Waals surface area contributed by atoms with Gasteiger partial charge in [0.1, 0.15) is 12.4 Å². The zero-order chi connectivity index (χ0) is 17.5. The van der Waals surface area contributed by atoms with E-state index in [4.69, 9.17) is 9.57 Å². The van der Waals surface area contributed by atoms with Crippen LogP contribution in [0.1, 0.15) is 15.9 Å². The van der Waals surface area contributed by atoms with Gasteiger partial charge < -0.3 is 9.84 Å². The number of carbonyl (C=O) groups excluding carboxylic acids is 2. The van der Waals surface area contributed by atoms with E-state index in [-0.39, 0.29) is 23.6 Å². The summed E-state index contributed by atoms with van der Waals surface area (Å²) >= 11 is 0. The van der Waals surface area contributed by atoms with Crippen molar-refractivity contribution in [1.82, 2.24) is 5.06 Å². The fraction of sp³-hybridized carbons (Fsp3) is 0.176. The summed E-state index contributed by atoms with van der Waals surface area (Å²) < 4.78 is 5.12. The summed E-state index contributed by atoms with van der Waals surface area (Å²) in [6, 6.07) is 13.2. The number of nitrogens with one attached hydrogen (secondary N) is 1. The topological polar surface area (TPSA) is 88.1 Å². The predicted molar refractivity (Wildman–Crippen MR) is 87.5 cm³/mol. The van der Waals surface area contributed by atoms with Crippen molar-refractivity contribution >= 4 is 17.7 Å². The molecule has 2 aromatic carbocycles. The lowest BCUT2D eigenvalue weighted by Crippen LogP contribution is -2.27. The average molecular weight is 330 g/mol. The molecular formula is C17H18N2O5. The largest absolute Gasteiger partial charge is 0.508 e. The number of ether oxygens (including phenoxy) is 1. The van der Waals surface area contributed by atoms with Crippen LogP contribution in [0.2, 0.25) is 0 Å². The van der Waals surface area contributed by atoms with Crippen molar-refractivity contribution in [2.24, 2.45) is 0 Å². The molecule has 0 radical (unpaired) electrons. The minimum Gasteiger partial charge on any atom is -0.508 e. The first-order valence-electron chi connectivity index (χ1n) is 7.14. The van der Waals surface area contributed by atoms with Gasteiger partial charge in [-0.3, -0.25) is 14.9 Å². The van der Waals surface area contributed by atoms with Gasteiger partial charge in [0, 0.05) is 7.05 Å². The number of benzene rings is 2. The quantitative estimate of drug-likeness (QED) is 0.650. The lowest BCUT2D eigenvalue weighted by molar-refractivity contribution is -0.0756. The highest BCUT2D eigenvalue weighted by Crippen LogP contribution is 2.23. The van der Waals surface area contributed by atoms with Crippen LogP contribution in [0, 0.1) is 0 Å². The molecule has 0 saturated heterocycles. The molecule has 0 saturated carbocycles. The highest BCUT2D eigenvalue weighted by atomic mass is 16.7. The summed E-state index contributed by atoms with van der Waals surface area (Å²) in [5, 5.41) is 13.0. The molecule has 126 valence electrons. The Morgan fingerprint density at radius 1 is 1.17 bits per heavy atom. The van der Waals surface area contributed by atoms with E-state index < -0.39 is 12.0 Å². The van der Waals surface area contributed by atoms with E-state index in [9.17, 15) is 14.7 Å². The molecule has 0 aromatic heterocycles. The molecule has 0 unspecified atom stereocenters. The van der Waals surface area contributed by atoms with Crippen LogP contribution in [0.5, 0.6) is 5.75 Å². The Hall–Kier alpha value is -3.06. The molecule has 0 heterocycles. The van der Waals surface area contributed by atoms with Crippen molar-refractivity contribution in [2.45, 2.75) is 6.61 Å². The third-order valence-corrected chi connectivity index (χ3v) is 3.24. The lowest BCUT2D eigenvalue weighted by Gasteiger charge is -2.17. The Kier molecular flexibility index (Phi) is 5.75. The molecule has 2 N–H and O–H groups in total. The van der Waals surface area contributed by atoms with Crippen LogP contribution in [0.25, 0.3) is 0 Å². The van der Waals surface area contributed by atoms with Gasteiger partial charge in [-0.1, -0.05) is 30.3 Å². The number of hydrogen-bond donors (Lipinski definition) is 2. The number of aromatic hydroxyl groups is 1. The highest BCUT2D eigenvalue weighted by Gasteiger charge is 2.18. The van der Waals surface area contributed by atoms with E-state index >= 15 is 0 Å². The standard InChI is InChI=1S/C17H18N2O5/c1-19(23-2)16(21)14-10-13(20)8-9-15(14)18-17(22)24-11-12-6-4-3-5-7-12/h3-10,20H,11H2,1-2H3,(H,18,22). The molecule has 0 fully saturated rings. The summed E-state index contributed by atoms with van der Waals surface area (Å²) in [4.78, 5) is 29.0. The van der Waals surface area contributed by atoms with Crippen molar-refractivity contribution in [1.29, 1.82) is 0 Å². The van der Waals surface area contributed by atoms with E-state index in [0.29, 0.717) is 0 Å². The molecule has 0 bridgehead atoms. The Bertz CT molecular complexity index is 718. The molecule has 0 atom stereocenters. The van der Waals surface area contributed by atoms with Crippen LogP contribution in [-0.2, 0) is 16.2 Å². The molecule has 0 spiro atoms. The van der Waals surface area contributed by atoms with Crippen molar-refractivity contribution in [3.05, 3.63) is 59.7 Å². The van der Waals surface area contributed by atoms with Gasteiger partial charge in [0.05, 0.1) is 18.4 Å². The maximum Gasteiger partial charge on any atom is 0.411 e. The Labute approximate surface area is 139 Å². The van der Waals surface area contributed by atoms with Crippen LogP contribution in [0.15, 0.2) is 48.5 Å². The number of phenolic OH excluding ortho intramolecular Hbond substituents is 1. The number of anilines is 1. The fourth-order valence-corrected chi connectivity index (χ4v) is 1.94. The number of hydroxylamine groups is 2. The van der Waals surface area contributed by atoms with Crippen LogP contribution >= 0.6 is 0 Å². The first kappa shape index (κ1) is 17.3. The number of amides is 2. The number of hydrogen-bond acceptors (Lipinski definition) is 5. The van der Waals surface area contributed by atoms with E-state index in [1.54, 1.807) is 0 Å². The van der Waals surface area contributed by atoms with Crippen molar-refractivity contribution in [2.75, 3.05) is 19.5 Å². The van der Waals surface area contributed by atoms with Gasteiger partial charge in [0.2, 0.25) is 0 Å². The van der Waals surface area contributed by atoms with Crippen molar-refractivity contribution in [3.63, 3.8) is 0 Å². The van der Waals surface area contributed by atoms with Gasteiger partial charge in [0.25, 0.3) is 5.91 Å². The molecular weight excluding hydrogens is 312 g/mol. The predicted octanol–water partition coefficient (Wildman–Crippen LogP) is 2.77. The van der Waals surface area contributed by atoms with Gasteiger partial charge in [-0.2, -0.15) is 0 Å². The lowest BCUT2D eigenvalue weighted by atomic mass is 10.1. The number of carbonyl (C=O) groups is 2. The average Bonchev–Trinajstić information content (AvgIpc) is 2.61. The van der Waals surface area contributed by atoms with E-state index in [1.165, 1.54) is 32.4 Å². The third-order valence-electron chi connectivity index (χ3n) is 3.24. The molecule has 0 aliphatic heterocycles. The minimum absolute atomic E-state index is 0.0796. The molecule has 24 heavy (non-hydrogen) atoms.